The van der Waals surface area contributed by atoms with E-state index >= 15 is 0 Å². The molecular formula is C20H20N4O2. The van der Waals surface area contributed by atoms with Crippen LogP contribution in [-0.4, -0.2) is 29.3 Å². The van der Waals surface area contributed by atoms with Crippen LogP contribution in [0, 0.1) is 6.92 Å². The molecule has 0 radical (unpaired) electrons. The zero-order chi connectivity index (χ0) is 18.2. The topological polar surface area (TPSA) is 76.1 Å². The average molecular weight is 348 g/mol. The number of aryl methyl sites for hydroxylation is 1. The van der Waals surface area contributed by atoms with Crippen LogP contribution in [0.3, 0.4) is 0 Å². The fraction of sp³-hybridized carbons (Fsp3) is 0.150. The van der Waals surface area contributed by atoms with E-state index in [9.17, 15) is 4.79 Å². The van der Waals surface area contributed by atoms with Gasteiger partial charge in [0.1, 0.15) is 18.2 Å². The number of hydrogen-bond donors (Lipinski definition) is 2. The van der Waals surface area contributed by atoms with Crippen molar-refractivity contribution in [3.05, 3.63) is 78.0 Å². The molecule has 0 saturated heterocycles. The maximum Gasteiger partial charge on any atom is 0.276 e. The zero-order valence-electron chi connectivity index (χ0n) is 14.5. The number of anilines is 2. The number of nitrogens with zero attached hydrogens (tertiary/aromatic N) is 2. The van der Waals surface area contributed by atoms with E-state index in [-0.39, 0.29) is 11.6 Å². The molecule has 1 amide bonds. The fourth-order valence-corrected chi connectivity index (χ4v) is 2.32. The van der Waals surface area contributed by atoms with Gasteiger partial charge in [-0.2, -0.15) is 0 Å². The molecule has 0 unspecified atom stereocenters. The predicted octanol–water partition coefficient (Wildman–Crippen LogP) is 3.53. The van der Waals surface area contributed by atoms with Crippen molar-refractivity contribution >= 4 is 17.4 Å². The number of nitrogens with one attached hydrogen (secondary N) is 2. The van der Waals surface area contributed by atoms with Gasteiger partial charge in [-0.15, -0.1) is 10.2 Å². The van der Waals surface area contributed by atoms with Crippen LogP contribution >= 0.6 is 0 Å². The van der Waals surface area contributed by atoms with E-state index in [1.54, 1.807) is 12.1 Å². The van der Waals surface area contributed by atoms with E-state index in [0.29, 0.717) is 19.0 Å². The molecule has 0 spiro atoms. The van der Waals surface area contributed by atoms with Crippen molar-refractivity contribution < 1.29 is 9.53 Å². The highest BCUT2D eigenvalue weighted by Crippen LogP contribution is 2.12. The normalized spacial score (nSPS) is 10.2. The molecule has 6 heteroatoms. The molecule has 3 aromatic rings. The van der Waals surface area contributed by atoms with Gasteiger partial charge in [0.15, 0.2) is 5.69 Å². The van der Waals surface area contributed by atoms with Gasteiger partial charge in [-0.1, -0.05) is 30.3 Å². The summed E-state index contributed by atoms with van der Waals surface area (Å²) in [7, 11) is 0. The van der Waals surface area contributed by atoms with Gasteiger partial charge in [-0.25, -0.2) is 0 Å². The Morgan fingerprint density at radius 1 is 1.00 bits per heavy atom. The summed E-state index contributed by atoms with van der Waals surface area (Å²) in [6.07, 6.45) is 0. The smallest absolute Gasteiger partial charge is 0.276 e. The minimum Gasteiger partial charge on any atom is -0.492 e. The number of aromatic nitrogens is 2. The summed E-state index contributed by atoms with van der Waals surface area (Å²) >= 11 is 0. The van der Waals surface area contributed by atoms with Gasteiger partial charge in [-0.05, 0) is 48.9 Å². The monoisotopic (exact) mass is 348 g/mol. The van der Waals surface area contributed by atoms with Crippen molar-refractivity contribution in [2.24, 2.45) is 0 Å². The first-order valence-electron chi connectivity index (χ1n) is 8.34. The molecule has 1 heterocycles. The van der Waals surface area contributed by atoms with Crippen molar-refractivity contribution in [2.75, 3.05) is 23.8 Å². The van der Waals surface area contributed by atoms with Gasteiger partial charge in [0, 0.05) is 5.69 Å². The standard InChI is InChI=1S/C20H20N4O2/c1-15-6-5-9-17(14-15)26-13-12-21-19-11-10-18(23-24-19)20(25)22-16-7-3-2-4-8-16/h2-11,14H,12-13H2,1H3,(H,21,24)(H,22,25). The molecule has 26 heavy (non-hydrogen) atoms. The van der Waals surface area contributed by atoms with E-state index in [1.807, 2.05) is 61.5 Å². The largest absolute Gasteiger partial charge is 0.492 e. The lowest BCUT2D eigenvalue weighted by Gasteiger charge is -2.08. The van der Waals surface area contributed by atoms with Crippen LogP contribution in [0.5, 0.6) is 5.75 Å². The van der Waals surface area contributed by atoms with Crippen LogP contribution in [0.25, 0.3) is 0 Å². The number of rotatable bonds is 7. The zero-order valence-corrected chi connectivity index (χ0v) is 14.5. The van der Waals surface area contributed by atoms with Crippen LogP contribution in [0.15, 0.2) is 66.7 Å². The Labute approximate surface area is 152 Å². The Kier molecular flexibility index (Phi) is 5.77. The summed E-state index contributed by atoms with van der Waals surface area (Å²) in [5, 5.41) is 13.9. The number of benzene rings is 2. The second-order valence-electron chi connectivity index (χ2n) is 5.72. The summed E-state index contributed by atoms with van der Waals surface area (Å²) in [4.78, 5) is 12.1. The lowest BCUT2D eigenvalue weighted by atomic mass is 10.2. The lowest BCUT2D eigenvalue weighted by Crippen LogP contribution is -2.16. The third kappa shape index (κ3) is 5.04. The SMILES string of the molecule is Cc1cccc(OCCNc2ccc(C(=O)Nc3ccccc3)nn2)c1. The van der Waals surface area contributed by atoms with Crippen molar-refractivity contribution in [2.45, 2.75) is 6.92 Å². The molecule has 1 aromatic heterocycles. The summed E-state index contributed by atoms with van der Waals surface area (Å²) < 4.78 is 5.66. The summed E-state index contributed by atoms with van der Waals surface area (Å²) in [6.45, 7) is 3.11. The van der Waals surface area contributed by atoms with Crippen LogP contribution in [0.2, 0.25) is 0 Å². The molecule has 3 rings (SSSR count). The van der Waals surface area contributed by atoms with Crippen LogP contribution in [0.4, 0.5) is 11.5 Å². The summed E-state index contributed by atoms with van der Waals surface area (Å²) in [6, 6.07) is 20.5. The van der Waals surface area contributed by atoms with Gasteiger partial charge in [0.2, 0.25) is 0 Å². The Hall–Kier alpha value is -3.41. The number of ether oxygens (including phenoxy) is 1. The van der Waals surface area contributed by atoms with Crippen LogP contribution in [-0.2, 0) is 0 Å². The Morgan fingerprint density at radius 2 is 1.85 bits per heavy atom. The predicted molar refractivity (Wildman–Crippen MR) is 102 cm³/mol. The average Bonchev–Trinajstić information content (AvgIpc) is 2.66. The van der Waals surface area contributed by atoms with Crippen molar-refractivity contribution in [3.63, 3.8) is 0 Å². The quantitative estimate of drug-likeness (QED) is 0.639. The molecule has 0 aliphatic heterocycles. The summed E-state index contributed by atoms with van der Waals surface area (Å²) in [5.74, 6) is 1.14. The van der Waals surface area contributed by atoms with Crippen molar-refractivity contribution in [1.82, 2.24) is 10.2 Å². The maximum atomic E-state index is 12.1. The van der Waals surface area contributed by atoms with E-state index in [4.69, 9.17) is 4.74 Å². The number of carbonyl (C=O) groups is 1. The first kappa shape index (κ1) is 17.4. The molecule has 0 saturated carbocycles. The number of hydrogen-bond acceptors (Lipinski definition) is 5. The number of carbonyl (C=O) groups excluding carboxylic acids is 1. The van der Waals surface area contributed by atoms with E-state index in [0.717, 1.165) is 17.0 Å². The fourth-order valence-electron chi connectivity index (χ4n) is 2.32. The molecule has 0 atom stereocenters. The molecule has 0 bridgehead atoms. The second kappa shape index (κ2) is 8.62. The van der Waals surface area contributed by atoms with Crippen molar-refractivity contribution in [3.8, 4) is 5.75 Å². The third-order valence-corrected chi connectivity index (χ3v) is 3.60. The van der Waals surface area contributed by atoms with E-state index < -0.39 is 0 Å². The van der Waals surface area contributed by atoms with Gasteiger partial charge < -0.3 is 15.4 Å². The first-order chi connectivity index (χ1) is 12.7. The highest BCUT2D eigenvalue weighted by atomic mass is 16.5. The lowest BCUT2D eigenvalue weighted by molar-refractivity contribution is 0.102. The molecule has 0 aliphatic rings. The molecular weight excluding hydrogens is 328 g/mol. The minimum atomic E-state index is -0.293. The number of para-hydroxylation sites is 1. The van der Waals surface area contributed by atoms with Gasteiger partial charge in [0.25, 0.3) is 5.91 Å². The van der Waals surface area contributed by atoms with E-state index in [2.05, 4.69) is 20.8 Å². The Bertz CT molecular complexity index is 851. The molecule has 2 aromatic carbocycles. The first-order valence-corrected chi connectivity index (χ1v) is 8.34. The van der Waals surface area contributed by atoms with Gasteiger partial charge in [-0.3, -0.25) is 4.79 Å². The highest BCUT2D eigenvalue weighted by molar-refractivity contribution is 6.02. The molecule has 0 fully saturated rings. The molecule has 0 aliphatic carbocycles. The van der Waals surface area contributed by atoms with Crippen LogP contribution < -0.4 is 15.4 Å². The molecule has 6 nitrogen and oxygen atoms in total. The minimum absolute atomic E-state index is 0.260. The van der Waals surface area contributed by atoms with Gasteiger partial charge in [0.05, 0.1) is 6.54 Å². The second-order valence-corrected chi connectivity index (χ2v) is 5.72. The van der Waals surface area contributed by atoms with Crippen molar-refractivity contribution in [1.29, 1.82) is 0 Å². The number of amides is 1. The third-order valence-electron chi connectivity index (χ3n) is 3.60. The van der Waals surface area contributed by atoms with E-state index in [1.165, 1.54) is 0 Å². The molecule has 132 valence electrons. The summed E-state index contributed by atoms with van der Waals surface area (Å²) in [5.41, 5.74) is 2.14. The Balaban J connectivity index is 1.46. The van der Waals surface area contributed by atoms with Crippen LogP contribution in [0.1, 0.15) is 16.1 Å². The maximum absolute atomic E-state index is 12.1. The Morgan fingerprint density at radius 3 is 2.58 bits per heavy atom. The highest BCUT2D eigenvalue weighted by Gasteiger charge is 2.08. The molecule has 2 N–H and O–H groups in total. The van der Waals surface area contributed by atoms with Gasteiger partial charge >= 0.3 is 0 Å².